The second kappa shape index (κ2) is 41.9. The van der Waals surface area contributed by atoms with Crippen LogP contribution in [-0.4, -0.2) is 181 Å². The first-order valence-electron chi connectivity index (χ1n) is 31.1. The Morgan fingerprint density at radius 2 is 1.09 bits per heavy atom. The SMILES string of the molecule is Cc1cc(N=Nc2cc(OCCCS(=O)(=O)O)c(N=Nc3c(C)c(C#N)c4nc5ccccc5n4c3O)cc2Nc2ncnc(Nc3ccccc3S(=O)(=O)O)n2)c(SCCCS(=O)(=O)O)cc1N=Nc1cc(C)c(N=Nc2ccc([N+](=O)[O-])cc2S(=O)(=O)O)cc1SCCCS(=O)(=O)O.N=CCS(=O)OO.O=S(=O)=O.O=S(=O)=O. The number of pyridine rings is 1. The van der Waals surface area contributed by atoms with Crippen LogP contribution in [0.25, 0.3) is 16.7 Å². The van der Waals surface area contributed by atoms with Crippen LogP contribution in [0.4, 0.5) is 74.5 Å². The predicted octanol–water partition coefficient (Wildman–Crippen LogP) is 10.9. The molecule has 0 aliphatic carbocycles. The van der Waals surface area contributed by atoms with Gasteiger partial charge in [-0.1, -0.05) is 24.3 Å². The first kappa shape index (κ1) is 92.9. The molecular formula is C59H58N18O28S10. The van der Waals surface area contributed by atoms with Gasteiger partial charge in [0.1, 0.15) is 50.6 Å². The Kier molecular flexibility index (Phi) is 33.8. The highest BCUT2D eigenvalue weighted by Crippen LogP contribution is 2.46. The summed E-state index contributed by atoms with van der Waals surface area (Å²) in [6, 6.07) is 25.3. The number of aromatic nitrogens is 5. The third kappa shape index (κ3) is 29.4. The number of para-hydroxylation sites is 3. The van der Waals surface area contributed by atoms with E-state index in [1.807, 2.05) is 0 Å². The van der Waals surface area contributed by atoms with Gasteiger partial charge in [0.05, 0.1) is 79.7 Å². The standard InChI is InChI=1S/C57H53N17O19S7.C2H5NO3S.2O3S/c1-32-23-45(49(94-18-9-21-97(81,82)83)28-40(32)66-65-39-16-15-35(74(76)77)25-52(39)100(90,91)92)70-67-41-29-50(95-19-10-22-98(84,85)86)46(24-33(41)2)71-68-43-27-48(93-17-8-20-96(78,79)80)44(69-72-53-34(3)36(30-58)54-61-37-11-4-6-13-47(37)73(54)55(53)75)26-42(43)63-57-60-31-59-56(64-57)62-38-12-5-7-14-51(38)99(87,88)89;3-1-2-7(5)6-4;2*1-4(2)3/h4-7,11-16,23-29,31,75H,8-10,17-22H2,1-3H3,(H,78,79,80)(H,81,82,83)(H,84,85,86)(H,87,88,89)(H,90,91,92)(H2,59,60,62,63,64);1,3-4H,2H2;;. The number of azo groups is 4. The van der Waals surface area contributed by atoms with Crippen molar-refractivity contribution in [2.75, 3.05) is 51.8 Å². The molecule has 0 saturated carbocycles. The van der Waals surface area contributed by atoms with Gasteiger partial charge in [0.2, 0.25) is 17.8 Å². The minimum atomic E-state index is -5.05. The van der Waals surface area contributed by atoms with Crippen molar-refractivity contribution in [1.82, 2.24) is 24.3 Å². The van der Waals surface area contributed by atoms with Crippen molar-refractivity contribution < 1.29 is 119 Å². The van der Waals surface area contributed by atoms with Gasteiger partial charge in [-0.15, -0.1) is 83.8 Å². The van der Waals surface area contributed by atoms with Crippen molar-refractivity contribution in [2.45, 2.75) is 59.6 Å². The Morgan fingerprint density at radius 1 is 0.600 bits per heavy atom. The molecule has 9 rings (SSSR count). The molecule has 46 nitrogen and oxygen atoms in total. The monoisotopic (exact) mass is 1790 g/mol. The number of fused-ring (bicyclic) bond motifs is 3. The molecule has 56 heteroatoms. The number of benzene rings is 6. The number of aromatic hydroxyl groups is 1. The quantitative estimate of drug-likeness (QED) is 0.00267. The van der Waals surface area contributed by atoms with Crippen LogP contribution in [0.2, 0.25) is 0 Å². The normalized spacial score (nSPS) is 12.2. The second-order valence-corrected chi connectivity index (χ2v) is 33.9. The van der Waals surface area contributed by atoms with Crippen LogP contribution in [0.3, 0.4) is 0 Å². The molecule has 0 spiro atoms. The molecule has 115 heavy (non-hydrogen) atoms. The van der Waals surface area contributed by atoms with Gasteiger partial charge in [-0.05, 0) is 123 Å². The minimum absolute atomic E-state index is 0.0373. The van der Waals surface area contributed by atoms with Crippen LogP contribution in [0.5, 0.6) is 11.6 Å². The Hall–Kier alpha value is -11.0. The largest absolute Gasteiger partial charge is 0.493 e. The number of nitrogens with one attached hydrogen (secondary N) is 3. The van der Waals surface area contributed by atoms with Crippen molar-refractivity contribution in [3.63, 3.8) is 0 Å². The molecule has 6 aromatic carbocycles. The number of hydrogen-bond acceptors (Lipinski definition) is 41. The third-order valence-corrected chi connectivity index (χ3v) is 21.2. The van der Waals surface area contributed by atoms with Crippen LogP contribution in [0.15, 0.2) is 170 Å². The summed E-state index contributed by atoms with van der Waals surface area (Å²) in [5.41, 5.74) is 0.696. The molecule has 1 unspecified atom stereocenters. The van der Waals surface area contributed by atoms with Gasteiger partial charge in [0, 0.05) is 39.8 Å². The Labute approximate surface area is 664 Å². The van der Waals surface area contributed by atoms with Crippen LogP contribution in [0.1, 0.15) is 41.5 Å². The number of ether oxygens (including phenoxy) is 1. The molecule has 3 heterocycles. The molecule has 9 aromatic rings. The van der Waals surface area contributed by atoms with Crippen molar-refractivity contribution in [1.29, 1.82) is 10.7 Å². The highest BCUT2D eigenvalue weighted by atomic mass is 32.2. The van der Waals surface area contributed by atoms with E-state index >= 15 is 0 Å². The zero-order chi connectivity index (χ0) is 85.3. The Bertz CT molecular complexity index is 6220. The number of nitrogens with zero attached hydrogens (tertiary/aromatic N) is 15. The summed E-state index contributed by atoms with van der Waals surface area (Å²) in [6.45, 7) is 4.31. The van der Waals surface area contributed by atoms with E-state index in [0.717, 1.165) is 54.3 Å². The molecule has 1 atom stereocenters. The average Bonchev–Trinajstić information content (AvgIpc) is 1.60. The fourth-order valence-corrected chi connectivity index (χ4v) is 14.5. The van der Waals surface area contributed by atoms with E-state index in [9.17, 15) is 89.5 Å². The number of non-ortho nitro benzene ring substituents is 1. The summed E-state index contributed by atoms with van der Waals surface area (Å²) in [5.74, 6) is -3.06. The van der Waals surface area contributed by atoms with E-state index in [0.29, 0.717) is 33.1 Å². The summed E-state index contributed by atoms with van der Waals surface area (Å²) in [6.07, 6.45) is 1.53. The molecule has 0 aliphatic rings. The first-order valence-corrected chi connectivity index (χ1v) is 44.0. The minimum Gasteiger partial charge on any atom is -0.493 e. The maximum absolute atomic E-state index is 12.3. The Balaban J connectivity index is 0.00000125. The van der Waals surface area contributed by atoms with E-state index in [4.69, 9.17) is 40.7 Å². The molecule has 10 N–H and O–H groups in total. The summed E-state index contributed by atoms with van der Waals surface area (Å²) >= 11 is 0.401. The lowest BCUT2D eigenvalue weighted by atomic mass is 10.1. The smallest absolute Gasteiger partial charge is 0.425 e. The maximum atomic E-state index is 12.3. The Morgan fingerprint density at radius 3 is 1.59 bits per heavy atom. The number of rotatable bonds is 33. The molecular weight excluding hydrogens is 1730 g/mol. The van der Waals surface area contributed by atoms with Gasteiger partial charge in [-0.3, -0.25) is 37.3 Å². The molecule has 0 aliphatic heterocycles. The second-order valence-electron chi connectivity index (χ2n) is 22.3. The van der Waals surface area contributed by atoms with Crippen molar-refractivity contribution in [3.8, 4) is 17.7 Å². The number of nitro groups is 1. The van der Waals surface area contributed by atoms with E-state index in [-0.39, 0.29) is 134 Å². The summed E-state index contributed by atoms with van der Waals surface area (Å²) in [4.78, 5) is 26.9. The van der Waals surface area contributed by atoms with Gasteiger partial charge in [0.25, 0.3) is 56.3 Å². The van der Waals surface area contributed by atoms with Crippen LogP contribution >= 0.6 is 23.5 Å². The van der Waals surface area contributed by atoms with Crippen molar-refractivity contribution in [2.24, 2.45) is 40.9 Å². The topological polar surface area (TPSA) is 720 Å². The molecule has 612 valence electrons. The molecule has 0 radical (unpaired) electrons. The number of hydrogen-bond donors (Lipinski definition) is 10. The van der Waals surface area contributed by atoms with Crippen LogP contribution in [0, 0.1) is 47.6 Å². The van der Waals surface area contributed by atoms with E-state index in [1.54, 1.807) is 38.1 Å². The molecule has 0 amide bonds. The van der Waals surface area contributed by atoms with E-state index in [2.05, 4.69) is 81.9 Å². The fourth-order valence-electron chi connectivity index (χ4n) is 9.24. The fraction of sp³-hybridized carbons (Fsp3) is 0.220. The summed E-state index contributed by atoms with van der Waals surface area (Å²) in [5, 5.41) is 88.5. The van der Waals surface area contributed by atoms with E-state index in [1.165, 1.54) is 65.9 Å². The average molecular weight is 1790 g/mol. The van der Waals surface area contributed by atoms with Gasteiger partial charge in [-0.2, -0.15) is 62.6 Å². The number of nitriles is 1. The third-order valence-electron chi connectivity index (χ3n) is 14.1. The highest BCUT2D eigenvalue weighted by molar-refractivity contribution is 7.99. The van der Waals surface area contributed by atoms with E-state index < -0.39 is 132 Å². The zero-order valence-electron chi connectivity index (χ0n) is 58.5. The van der Waals surface area contributed by atoms with Gasteiger partial charge < -0.3 is 25.9 Å². The number of anilines is 4. The number of nitro benzene ring substituents is 1. The highest BCUT2D eigenvalue weighted by Gasteiger charge is 2.25. The van der Waals surface area contributed by atoms with Crippen molar-refractivity contribution >= 4 is 204 Å². The number of imidazole rings is 1. The van der Waals surface area contributed by atoms with Gasteiger partial charge in [0.15, 0.2) is 22.4 Å². The van der Waals surface area contributed by atoms with Gasteiger partial charge in [-0.25, -0.2) is 24.4 Å². The first-order chi connectivity index (χ1) is 53.9. The maximum Gasteiger partial charge on any atom is 0.425 e. The lowest BCUT2D eigenvalue weighted by Gasteiger charge is -2.14. The van der Waals surface area contributed by atoms with Gasteiger partial charge >= 0.3 is 21.2 Å². The molecule has 3 aromatic heterocycles. The summed E-state index contributed by atoms with van der Waals surface area (Å²) < 4.78 is 240. The molecule has 0 saturated heterocycles. The lowest BCUT2D eigenvalue weighted by Crippen LogP contribution is -2.08. The summed E-state index contributed by atoms with van der Waals surface area (Å²) in [7, 11) is -29.3. The lowest BCUT2D eigenvalue weighted by molar-refractivity contribution is -0.385. The molecule has 0 fully saturated rings. The van der Waals surface area contributed by atoms with Crippen LogP contribution < -0.4 is 15.4 Å². The molecule has 0 bridgehead atoms. The predicted molar refractivity (Wildman–Crippen MR) is 410 cm³/mol. The van der Waals surface area contributed by atoms with Crippen LogP contribution in [-0.2, 0) is 87.2 Å². The number of aryl methyl sites for hydroxylation is 2. The van der Waals surface area contributed by atoms with Crippen molar-refractivity contribution in [3.05, 3.63) is 142 Å². The number of thioether (sulfide) groups is 2. The zero-order valence-corrected chi connectivity index (χ0v) is 66.7.